The summed E-state index contributed by atoms with van der Waals surface area (Å²) in [5.74, 6) is 0.110. The van der Waals surface area contributed by atoms with Gasteiger partial charge in [-0.15, -0.1) is 0 Å². The predicted octanol–water partition coefficient (Wildman–Crippen LogP) is 2.64. The molecule has 0 unspecified atom stereocenters. The SMILES string of the molecule is NCC1(CCNC(=O)Cc2ccccc2)CCCCC1. The quantitative estimate of drug-likeness (QED) is 0.838. The van der Waals surface area contributed by atoms with E-state index in [-0.39, 0.29) is 11.3 Å². The van der Waals surface area contributed by atoms with Gasteiger partial charge in [-0.05, 0) is 36.8 Å². The maximum atomic E-state index is 11.9. The van der Waals surface area contributed by atoms with Crippen molar-refractivity contribution < 1.29 is 4.79 Å². The van der Waals surface area contributed by atoms with E-state index in [1.807, 2.05) is 30.3 Å². The number of carbonyl (C=O) groups excluding carboxylic acids is 1. The van der Waals surface area contributed by atoms with Crippen LogP contribution in [0.3, 0.4) is 0 Å². The highest BCUT2D eigenvalue weighted by molar-refractivity contribution is 5.78. The Balaban J connectivity index is 1.73. The molecule has 1 aromatic carbocycles. The molecule has 20 heavy (non-hydrogen) atoms. The van der Waals surface area contributed by atoms with Gasteiger partial charge >= 0.3 is 0 Å². The van der Waals surface area contributed by atoms with Crippen LogP contribution in [0.15, 0.2) is 30.3 Å². The van der Waals surface area contributed by atoms with E-state index in [9.17, 15) is 4.79 Å². The number of amides is 1. The van der Waals surface area contributed by atoms with Gasteiger partial charge in [0.1, 0.15) is 0 Å². The van der Waals surface area contributed by atoms with Crippen molar-refractivity contribution in [2.45, 2.75) is 44.9 Å². The molecule has 0 saturated heterocycles. The average Bonchev–Trinajstić information content (AvgIpc) is 2.49. The first-order valence-corrected chi connectivity index (χ1v) is 7.75. The lowest BCUT2D eigenvalue weighted by atomic mass is 9.72. The first kappa shape index (κ1) is 15.0. The molecule has 1 aliphatic carbocycles. The minimum atomic E-state index is 0.110. The second-order valence-corrected chi connectivity index (χ2v) is 6.03. The third kappa shape index (κ3) is 4.34. The maximum absolute atomic E-state index is 11.9. The Hall–Kier alpha value is -1.35. The molecule has 0 bridgehead atoms. The first-order valence-electron chi connectivity index (χ1n) is 7.75. The third-order valence-electron chi connectivity index (χ3n) is 4.53. The predicted molar refractivity (Wildman–Crippen MR) is 82.3 cm³/mol. The maximum Gasteiger partial charge on any atom is 0.224 e. The molecule has 2 rings (SSSR count). The number of hydrogen-bond acceptors (Lipinski definition) is 2. The van der Waals surface area contributed by atoms with Crippen molar-refractivity contribution in [1.29, 1.82) is 0 Å². The number of nitrogens with two attached hydrogens (primary N) is 1. The largest absolute Gasteiger partial charge is 0.356 e. The van der Waals surface area contributed by atoms with Crippen LogP contribution < -0.4 is 11.1 Å². The molecule has 0 aromatic heterocycles. The Kier molecular flexibility index (Phi) is 5.60. The van der Waals surface area contributed by atoms with Crippen LogP contribution in [0, 0.1) is 5.41 Å². The molecule has 0 radical (unpaired) electrons. The molecule has 1 aromatic rings. The van der Waals surface area contributed by atoms with Gasteiger partial charge in [0.25, 0.3) is 0 Å². The fraction of sp³-hybridized carbons (Fsp3) is 0.588. The van der Waals surface area contributed by atoms with Crippen LogP contribution in [-0.4, -0.2) is 19.0 Å². The third-order valence-corrected chi connectivity index (χ3v) is 4.53. The van der Waals surface area contributed by atoms with E-state index in [0.29, 0.717) is 6.42 Å². The summed E-state index contributed by atoms with van der Waals surface area (Å²) in [5, 5.41) is 3.04. The highest BCUT2D eigenvalue weighted by atomic mass is 16.1. The number of carbonyl (C=O) groups is 1. The van der Waals surface area contributed by atoms with Gasteiger partial charge in [-0.25, -0.2) is 0 Å². The summed E-state index contributed by atoms with van der Waals surface area (Å²) in [5.41, 5.74) is 7.31. The van der Waals surface area contributed by atoms with Gasteiger partial charge in [0.2, 0.25) is 5.91 Å². The smallest absolute Gasteiger partial charge is 0.224 e. The average molecular weight is 274 g/mol. The minimum absolute atomic E-state index is 0.110. The fourth-order valence-electron chi connectivity index (χ4n) is 3.17. The molecular formula is C17H26N2O. The van der Waals surface area contributed by atoms with Crippen molar-refractivity contribution in [3.8, 4) is 0 Å². The molecule has 3 nitrogen and oxygen atoms in total. The van der Waals surface area contributed by atoms with Crippen LogP contribution in [0.5, 0.6) is 0 Å². The lowest BCUT2D eigenvalue weighted by Crippen LogP contribution is -2.37. The second kappa shape index (κ2) is 7.44. The molecule has 1 saturated carbocycles. The number of rotatable bonds is 6. The van der Waals surface area contributed by atoms with E-state index in [0.717, 1.165) is 25.1 Å². The number of benzene rings is 1. The van der Waals surface area contributed by atoms with E-state index in [4.69, 9.17) is 5.73 Å². The van der Waals surface area contributed by atoms with Gasteiger partial charge in [-0.3, -0.25) is 4.79 Å². The summed E-state index contributed by atoms with van der Waals surface area (Å²) in [7, 11) is 0. The van der Waals surface area contributed by atoms with Crippen molar-refractivity contribution in [3.05, 3.63) is 35.9 Å². The van der Waals surface area contributed by atoms with Gasteiger partial charge < -0.3 is 11.1 Å². The van der Waals surface area contributed by atoms with Crippen molar-refractivity contribution in [2.75, 3.05) is 13.1 Å². The zero-order valence-corrected chi connectivity index (χ0v) is 12.2. The summed E-state index contributed by atoms with van der Waals surface area (Å²) in [6.45, 7) is 1.50. The summed E-state index contributed by atoms with van der Waals surface area (Å²) < 4.78 is 0. The molecular weight excluding hydrogens is 248 g/mol. The summed E-state index contributed by atoms with van der Waals surface area (Å²) in [6.07, 6.45) is 7.84. The molecule has 110 valence electrons. The number of nitrogens with one attached hydrogen (secondary N) is 1. The monoisotopic (exact) mass is 274 g/mol. The van der Waals surface area contributed by atoms with Crippen molar-refractivity contribution >= 4 is 5.91 Å². The van der Waals surface area contributed by atoms with Crippen LogP contribution in [0.4, 0.5) is 0 Å². The van der Waals surface area contributed by atoms with Gasteiger partial charge in [0.15, 0.2) is 0 Å². The second-order valence-electron chi connectivity index (χ2n) is 6.03. The van der Waals surface area contributed by atoms with Gasteiger partial charge in [0, 0.05) is 6.54 Å². The van der Waals surface area contributed by atoms with E-state index in [1.165, 1.54) is 32.1 Å². The molecule has 3 heteroatoms. The molecule has 0 aliphatic heterocycles. The van der Waals surface area contributed by atoms with Crippen LogP contribution in [0.1, 0.15) is 44.1 Å². The lowest BCUT2D eigenvalue weighted by Gasteiger charge is -2.36. The van der Waals surface area contributed by atoms with E-state index in [1.54, 1.807) is 0 Å². The molecule has 0 spiro atoms. The zero-order valence-electron chi connectivity index (χ0n) is 12.2. The van der Waals surface area contributed by atoms with Crippen LogP contribution in [0.2, 0.25) is 0 Å². The van der Waals surface area contributed by atoms with Gasteiger partial charge in [0.05, 0.1) is 6.42 Å². The Morgan fingerprint density at radius 2 is 1.85 bits per heavy atom. The summed E-state index contributed by atoms with van der Waals surface area (Å²) >= 11 is 0. The Bertz CT molecular complexity index is 410. The van der Waals surface area contributed by atoms with Crippen molar-refractivity contribution in [2.24, 2.45) is 11.1 Å². The van der Waals surface area contributed by atoms with E-state index < -0.39 is 0 Å². The normalized spacial score (nSPS) is 17.6. The van der Waals surface area contributed by atoms with Crippen molar-refractivity contribution in [1.82, 2.24) is 5.32 Å². The van der Waals surface area contributed by atoms with E-state index >= 15 is 0 Å². The fourth-order valence-corrected chi connectivity index (χ4v) is 3.17. The van der Waals surface area contributed by atoms with Gasteiger partial charge in [-0.1, -0.05) is 49.6 Å². The molecule has 1 fully saturated rings. The molecule has 1 aliphatic rings. The number of hydrogen-bond donors (Lipinski definition) is 2. The Morgan fingerprint density at radius 1 is 1.15 bits per heavy atom. The highest BCUT2D eigenvalue weighted by Crippen LogP contribution is 2.37. The molecule has 0 heterocycles. The van der Waals surface area contributed by atoms with Crippen LogP contribution in [-0.2, 0) is 11.2 Å². The molecule has 3 N–H and O–H groups in total. The Labute approximate surface area is 121 Å². The van der Waals surface area contributed by atoms with Crippen molar-refractivity contribution in [3.63, 3.8) is 0 Å². The topological polar surface area (TPSA) is 55.1 Å². The molecule has 1 amide bonds. The minimum Gasteiger partial charge on any atom is -0.356 e. The zero-order chi connectivity index (χ0) is 14.3. The van der Waals surface area contributed by atoms with Crippen LogP contribution >= 0.6 is 0 Å². The first-order chi connectivity index (χ1) is 9.74. The molecule has 0 atom stereocenters. The summed E-state index contributed by atoms with van der Waals surface area (Å²) in [6, 6.07) is 9.88. The summed E-state index contributed by atoms with van der Waals surface area (Å²) in [4.78, 5) is 11.9. The standard InChI is InChI=1S/C17H26N2O/c18-14-17(9-5-2-6-10-17)11-12-19-16(20)13-15-7-3-1-4-8-15/h1,3-4,7-8H,2,5-6,9-14,18H2,(H,19,20). The highest BCUT2D eigenvalue weighted by Gasteiger charge is 2.29. The van der Waals surface area contributed by atoms with E-state index in [2.05, 4.69) is 5.32 Å². The Morgan fingerprint density at radius 3 is 2.50 bits per heavy atom. The lowest BCUT2D eigenvalue weighted by molar-refractivity contribution is -0.120. The van der Waals surface area contributed by atoms with Gasteiger partial charge in [-0.2, -0.15) is 0 Å². The van der Waals surface area contributed by atoms with Crippen LogP contribution in [0.25, 0.3) is 0 Å².